The zero-order valence-corrected chi connectivity index (χ0v) is 22.0. The van der Waals surface area contributed by atoms with Gasteiger partial charge in [0.25, 0.3) is 0 Å². The molecule has 6 nitrogen and oxygen atoms in total. The Labute approximate surface area is 211 Å². The molecule has 2 aromatic carbocycles. The molecule has 0 aliphatic heterocycles. The summed E-state index contributed by atoms with van der Waals surface area (Å²) in [5, 5.41) is 50.2. The Bertz CT molecular complexity index is 814. The maximum Gasteiger partial charge on any atom is 0.131 e. The van der Waals surface area contributed by atoms with E-state index in [0.29, 0.717) is 29.4 Å². The Morgan fingerprint density at radius 1 is 0.657 bits per heavy atom. The number of aliphatic hydroxyl groups is 5. The normalized spacial score (nSPS) is 18.8. The van der Waals surface area contributed by atoms with Crippen LogP contribution in [0.25, 0.3) is 0 Å². The molecule has 5 N–H and O–H groups in total. The second kappa shape index (κ2) is 13.5. The first-order valence-electron chi connectivity index (χ1n) is 12.9. The summed E-state index contributed by atoms with van der Waals surface area (Å²) in [5.74, 6) is 0.982. The summed E-state index contributed by atoms with van der Waals surface area (Å²) in [5.41, 5.74) is 4.83. The molecule has 0 saturated carbocycles. The molecular weight excluding hydrogens is 442 g/mol. The fourth-order valence-electron chi connectivity index (χ4n) is 4.56. The first-order chi connectivity index (χ1) is 16.5. The zero-order chi connectivity index (χ0) is 26.2. The molecule has 0 aromatic heterocycles. The topological polar surface area (TPSA) is 101 Å². The highest BCUT2D eigenvalue weighted by Gasteiger charge is 2.36. The minimum Gasteiger partial charge on any atom is -0.394 e. The van der Waals surface area contributed by atoms with Crippen molar-refractivity contribution >= 4 is 0 Å². The fraction of sp³-hybridized carbons (Fsp3) is 0.586. The Balaban J connectivity index is 2.28. The van der Waals surface area contributed by atoms with Gasteiger partial charge in [-0.25, -0.2) is 0 Å². The molecule has 2 rings (SSSR count). The van der Waals surface area contributed by atoms with E-state index in [1.807, 2.05) is 7.05 Å². The summed E-state index contributed by atoms with van der Waals surface area (Å²) in [6.07, 6.45) is -3.85. The molecular formula is C29H46NO5+. The van der Waals surface area contributed by atoms with Gasteiger partial charge in [0.2, 0.25) is 0 Å². The first kappa shape index (κ1) is 29.4. The van der Waals surface area contributed by atoms with Crippen LogP contribution in [0.15, 0.2) is 48.5 Å². The van der Waals surface area contributed by atoms with Crippen molar-refractivity contribution in [1.82, 2.24) is 0 Å². The molecule has 35 heavy (non-hydrogen) atoms. The molecule has 0 heterocycles. The second-order valence-corrected chi connectivity index (χ2v) is 10.5. The van der Waals surface area contributed by atoms with Crippen LogP contribution in [0.5, 0.6) is 0 Å². The second-order valence-electron chi connectivity index (χ2n) is 10.5. The molecule has 0 fully saturated rings. The molecule has 0 aliphatic carbocycles. The maximum atomic E-state index is 10.8. The van der Waals surface area contributed by atoms with Crippen LogP contribution in [-0.2, 0) is 13.1 Å². The van der Waals surface area contributed by atoms with Crippen molar-refractivity contribution in [2.45, 2.75) is 89.9 Å². The van der Waals surface area contributed by atoms with Gasteiger partial charge in [-0.15, -0.1) is 0 Å². The van der Waals surface area contributed by atoms with Crippen LogP contribution in [-0.4, -0.2) is 74.6 Å². The standard InChI is InChI=1S/C29H46NO5/c1-6-20(3)24-12-8-22(9-13-24)16-30(5,18-26(32)28(34)29(35)27(33)19-31)17-23-10-14-25(15-11-23)21(4)7-2/h8-15,20-21,26-29,31-35H,6-7,16-19H2,1-5H3/q+1. The molecule has 6 atom stereocenters. The van der Waals surface area contributed by atoms with Crippen LogP contribution < -0.4 is 0 Å². The number of quaternary nitrogens is 1. The Kier molecular flexibility index (Phi) is 11.3. The molecule has 6 unspecified atom stereocenters. The molecule has 0 amide bonds. The smallest absolute Gasteiger partial charge is 0.131 e. The van der Waals surface area contributed by atoms with E-state index in [2.05, 4.69) is 76.2 Å². The summed E-state index contributed by atoms with van der Waals surface area (Å²) >= 11 is 0. The number of benzene rings is 2. The third-order valence-corrected chi connectivity index (χ3v) is 7.40. The number of nitrogens with zero attached hydrogens (tertiary/aromatic N) is 1. The maximum absolute atomic E-state index is 10.8. The average Bonchev–Trinajstić information content (AvgIpc) is 2.86. The number of aliphatic hydroxyl groups excluding tert-OH is 5. The predicted octanol–water partition coefficient (Wildman–Crippen LogP) is 3.30. The summed E-state index contributed by atoms with van der Waals surface area (Å²) in [7, 11) is 2.02. The lowest BCUT2D eigenvalue weighted by Crippen LogP contribution is -2.54. The summed E-state index contributed by atoms with van der Waals surface area (Å²) in [6, 6.07) is 17.1. The van der Waals surface area contributed by atoms with Crippen LogP contribution in [0, 0.1) is 0 Å². The molecule has 0 radical (unpaired) electrons. The van der Waals surface area contributed by atoms with Crippen molar-refractivity contribution in [3.63, 3.8) is 0 Å². The third kappa shape index (κ3) is 8.38. The van der Waals surface area contributed by atoms with Gasteiger partial charge in [0.1, 0.15) is 44.1 Å². The zero-order valence-electron chi connectivity index (χ0n) is 22.0. The van der Waals surface area contributed by atoms with Crippen LogP contribution in [0.2, 0.25) is 0 Å². The van der Waals surface area contributed by atoms with Gasteiger partial charge in [-0.1, -0.05) is 76.2 Å². The van der Waals surface area contributed by atoms with Crippen LogP contribution in [0.3, 0.4) is 0 Å². The third-order valence-electron chi connectivity index (χ3n) is 7.40. The van der Waals surface area contributed by atoms with Gasteiger partial charge in [-0.2, -0.15) is 0 Å². The van der Waals surface area contributed by atoms with E-state index in [0.717, 1.165) is 24.0 Å². The van der Waals surface area contributed by atoms with E-state index in [9.17, 15) is 20.4 Å². The van der Waals surface area contributed by atoms with Gasteiger partial charge < -0.3 is 30.0 Å². The predicted molar refractivity (Wildman–Crippen MR) is 140 cm³/mol. The van der Waals surface area contributed by atoms with Gasteiger partial charge >= 0.3 is 0 Å². The van der Waals surface area contributed by atoms with Crippen molar-refractivity contribution in [1.29, 1.82) is 0 Å². The Hall–Kier alpha value is -1.80. The lowest BCUT2D eigenvalue weighted by Gasteiger charge is -2.38. The summed E-state index contributed by atoms with van der Waals surface area (Å²) in [6.45, 7) is 9.48. The number of hydrogen-bond acceptors (Lipinski definition) is 5. The van der Waals surface area contributed by atoms with Crippen molar-refractivity contribution < 1.29 is 30.0 Å². The quantitative estimate of drug-likeness (QED) is 0.263. The molecule has 0 spiro atoms. The van der Waals surface area contributed by atoms with Crippen molar-refractivity contribution in [2.75, 3.05) is 20.2 Å². The minimum atomic E-state index is -1.63. The monoisotopic (exact) mass is 488 g/mol. The van der Waals surface area contributed by atoms with Crippen LogP contribution in [0.1, 0.15) is 74.6 Å². The van der Waals surface area contributed by atoms with E-state index in [1.54, 1.807) is 0 Å². The molecule has 0 aliphatic rings. The number of hydrogen-bond donors (Lipinski definition) is 5. The van der Waals surface area contributed by atoms with E-state index in [1.165, 1.54) is 11.1 Å². The summed E-state index contributed by atoms with van der Waals surface area (Å²) < 4.78 is 0.394. The van der Waals surface area contributed by atoms with Crippen molar-refractivity contribution in [3.8, 4) is 0 Å². The van der Waals surface area contributed by atoms with E-state index >= 15 is 0 Å². The van der Waals surface area contributed by atoms with E-state index in [4.69, 9.17) is 5.11 Å². The van der Waals surface area contributed by atoms with Crippen LogP contribution >= 0.6 is 0 Å². The largest absolute Gasteiger partial charge is 0.394 e. The number of rotatable bonds is 14. The lowest BCUT2D eigenvalue weighted by molar-refractivity contribution is -0.938. The SMILES string of the molecule is CCC(C)c1ccc(C[N+](C)(Cc2ccc(C(C)CC)cc2)CC(O)C(O)C(O)C(O)CO)cc1. The van der Waals surface area contributed by atoms with Crippen LogP contribution in [0.4, 0.5) is 0 Å². The van der Waals surface area contributed by atoms with Gasteiger partial charge in [0.05, 0.1) is 13.7 Å². The Morgan fingerprint density at radius 3 is 1.37 bits per heavy atom. The Morgan fingerprint density at radius 2 is 1.03 bits per heavy atom. The minimum absolute atomic E-state index is 0.163. The highest BCUT2D eigenvalue weighted by molar-refractivity contribution is 5.26. The van der Waals surface area contributed by atoms with Gasteiger partial charge in [-0.05, 0) is 35.8 Å². The van der Waals surface area contributed by atoms with Crippen molar-refractivity contribution in [3.05, 3.63) is 70.8 Å². The van der Waals surface area contributed by atoms with E-state index < -0.39 is 31.0 Å². The fourth-order valence-corrected chi connectivity index (χ4v) is 4.56. The van der Waals surface area contributed by atoms with E-state index in [-0.39, 0.29) is 6.54 Å². The summed E-state index contributed by atoms with van der Waals surface area (Å²) in [4.78, 5) is 0. The lowest BCUT2D eigenvalue weighted by atomic mass is 9.96. The number of likely N-dealkylation sites (N-methyl/N-ethyl adjacent to an activating group) is 1. The highest BCUT2D eigenvalue weighted by Crippen LogP contribution is 2.25. The van der Waals surface area contributed by atoms with Gasteiger partial charge in [-0.3, -0.25) is 0 Å². The molecule has 0 saturated heterocycles. The van der Waals surface area contributed by atoms with Gasteiger partial charge in [0, 0.05) is 11.1 Å². The average molecular weight is 489 g/mol. The highest BCUT2D eigenvalue weighted by atomic mass is 16.4. The molecule has 6 heteroatoms. The van der Waals surface area contributed by atoms with Crippen molar-refractivity contribution in [2.24, 2.45) is 0 Å². The first-order valence-corrected chi connectivity index (χ1v) is 12.9. The molecule has 2 aromatic rings. The molecule has 0 bridgehead atoms. The van der Waals surface area contributed by atoms with Gasteiger partial charge in [0.15, 0.2) is 0 Å². The molecule has 196 valence electrons.